The number of fused-ring (bicyclic) bond motifs is 1. The number of carbonyl (C=O) groups excluding carboxylic acids is 2. The maximum Gasteiger partial charge on any atom is 0.261 e. The molecule has 0 unspecified atom stereocenters. The summed E-state index contributed by atoms with van der Waals surface area (Å²) < 4.78 is 0. The molecule has 2 atom stereocenters. The molecule has 1 saturated carbocycles. The number of rotatable bonds is 1. The lowest BCUT2D eigenvalue weighted by Gasteiger charge is -2.24. The number of benzene rings is 1. The highest BCUT2D eigenvalue weighted by Crippen LogP contribution is 2.31. The maximum atomic E-state index is 12.1. The van der Waals surface area contributed by atoms with Crippen LogP contribution in [0.1, 0.15) is 40.0 Å². The second-order valence-corrected chi connectivity index (χ2v) is 4.59. The van der Waals surface area contributed by atoms with Crippen LogP contribution in [0.15, 0.2) is 24.3 Å². The molecule has 0 radical (unpaired) electrons. The lowest BCUT2D eigenvalue weighted by molar-refractivity contribution is 0.0416. The Morgan fingerprint density at radius 3 is 2.12 bits per heavy atom. The smallest absolute Gasteiger partial charge is 0.261 e. The van der Waals surface area contributed by atoms with Gasteiger partial charge in [-0.3, -0.25) is 14.5 Å². The van der Waals surface area contributed by atoms with Crippen LogP contribution in [0.4, 0.5) is 0 Å². The Morgan fingerprint density at radius 1 is 1.06 bits per heavy atom. The van der Waals surface area contributed by atoms with Crippen molar-refractivity contribution in [3.05, 3.63) is 35.4 Å². The molecule has 1 fully saturated rings. The topological polar surface area (TPSA) is 57.6 Å². The Bertz CT molecular complexity index is 462. The van der Waals surface area contributed by atoms with Crippen LogP contribution < -0.4 is 0 Å². The number of amides is 2. The van der Waals surface area contributed by atoms with Crippen molar-refractivity contribution in [3.8, 4) is 0 Å². The van der Waals surface area contributed by atoms with E-state index in [2.05, 4.69) is 0 Å². The van der Waals surface area contributed by atoms with E-state index in [9.17, 15) is 14.7 Å². The molecule has 2 aliphatic rings. The zero-order valence-electron chi connectivity index (χ0n) is 9.30. The minimum absolute atomic E-state index is 0.267. The second kappa shape index (κ2) is 3.67. The van der Waals surface area contributed by atoms with Gasteiger partial charge < -0.3 is 5.11 Å². The van der Waals surface area contributed by atoms with E-state index >= 15 is 0 Å². The molecule has 2 amide bonds. The lowest BCUT2D eigenvalue weighted by Crippen LogP contribution is -2.44. The molecule has 4 nitrogen and oxygen atoms in total. The van der Waals surface area contributed by atoms with E-state index in [0.29, 0.717) is 24.0 Å². The number of hydrogen-bond donors (Lipinski definition) is 1. The third-order valence-corrected chi connectivity index (χ3v) is 3.60. The third kappa shape index (κ3) is 1.41. The van der Waals surface area contributed by atoms with Gasteiger partial charge in [-0.2, -0.15) is 0 Å². The van der Waals surface area contributed by atoms with E-state index in [1.165, 1.54) is 4.90 Å². The molecule has 1 aromatic carbocycles. The Morgan fingerprint density at radius 2 is 1.65 bits per heavy atom. The normalized spacial score (nSPS) is 27.7. The van der Waals surface area contributed by atoms with Crippen LogP contribution >= 0.6 is 0 Å². The molecule has 1 aliphatic carbocycles. The van der Waals surface area contributed by atoms with Crippen molar-refractivity contribution in [2.75, 3.05) is 0 Å². The number of carbonyl (C=O) groups is 2. The summed E-state index contributed by atoms with van der Waals surface area (Å²) in [4.78, 5) is 25.5. The number of aliphatic hydroxyl groups excluding tert-OH is 1. The van der Waals surface area contributed by atoms with Crippen molar-refractivity contribution < 1.29 is 14.7 Å². The summed E-state index contributed by atoms with van der Waals surface area (Å²) in [6.07, 6.45) is 1.65. The highest BCUT2D eigenvalue weighted by atomic mass is 16.3. The van der Waals surface area contributed by atoms with E-state index in [1.54, 1.807) is 24.3 Å². The van der Waals surface area contributed by atoms with E-state index in [4.69, 9.17) is 0 Å². The van der Waals surface area contributed by atoms with Crippen LogP contribution in [0.3, 0.4) is 0 Å². The second-order valence-electron chi connectivity index (χ2n) is 4.59. The molecule has 17 heavy (non-hydrogen) atoms. The molecule has 0 aromatic heterocycles. The monoisotopic (exact) mass is 231 g/mol. The van der Waals surface area contributed by atoms with Gasteiger partial charge in [-0.05, 0) is 31.4 Å². The highest BCUT2D eigenvalue weighted by Gasteiger charge is 2.43. The number of nitrogens with zero attached hydrogens (tertiary/aromatic N) is 1. The molecule has 0 spiro atoms. The molecular weight excluding hydrogens is 218 g/mol. The van der Waals surface area contributed by atoms with Crippen molar-refractivity contribution >= 4 is 11.8 Å². The van der Waals surface area contributed by atoms with Crippen molar-refractivity contribution in [2.45, 2.75) is 31.4 Å². The Labute approximate surface area is 98.9 Å². The third-order valence-electron chi connectivity index (χ3n) is 3.60. The summed E-state index contributed by atoms with van der Waals surface area (Å²) in [5.41, 5.74) is 0.910. The highest BCUT2D eigenvalue weighted by molar-refractivity contribution is 6.21. The Kier molecular flexibility index (Phi) is 2.26. The van der Waals surface area contributed by atoms with Crippen molar-refractivity contribution in [1.82, 2.24) is 4.90 Å². The first-order valence-corrected chi connectivity index (χ1v) is 5.85. The van der Waals surface area contributed by atoms with Gasteiger partial charge in [0.05, 0.1) is 23.3 Å². The van der Waals surface area contributed by atoms with Crippen LogP contribution in [0.2, 0.25) is 0 Å². The predicted octanol–water partition coefficient (Wildman–Crippen LogP) is 1.20. The lowest BCUT2D eigenvalue weighted by atomic mass is 10.1. The quantitative estimate of drug-likeness (QED) is 0.739. The van der Waals surface area contributed by atoms with Crippen LogP contribution in [0.25, 0.3) is 0 Å². The van der Waals surface area contributed by atoms with Gasteiger partial charge in [0.2, 0.25) is 0 Å². The standard InChI is InChI=1S/C13H13NO3/c15-11-7-3-6-10(11)14-12(16)8-4-1-2-5-9(8)13(14)17/h1-2,4-5,10-11,15H,3,6-7H2/t10-,11+/m1/s1. The molecule has 3 rings (SSSR count). The van der Waals surface area contributed by atoms with Crippen molar-refractivity contribution in [1.29, 1.82) is 0 Å². The summed E-state index contributed by atoms with van der Waals surface area (Å²) in [7, 11) is 0. The molecule has 1 aliphatic heterocycles. The predicted molar refractivity (Wildman–Crippen MR) is 60.6 cm³/mol. The zero-order chi connectivity index (χ0) is 12.0. The first-order chi connectivity index (χ1) is 8.20. The molecule has 1 N–H and O–H groups in total. The van der Waals surface area contributed by atoms with Gasteiger partial charge in [0.1, 0.15) is 0 Å². The van der Waals surface area contributed by atoms with Crippen LogP contribution in [-0.2, 0) is 0 Å². The summed E-state index contributed by atoms with van der Waals surface area (Å²) >= 11 is 0. The van der Waals surface area contributed by atoms with Gasteiger partial charge in [0, 0.05) is 0 Å². The summed E-state index contributed by atoms with van der Waals surface area (Å²) in [6, 6.07) is 6.48. The molecule has 0 saturated heterocycles. The molecular formula is C13H13NO3. The SMILES string of the molecule is O=C1c2ccccc2C(=O)N1[C@@H]1CCC[C@@H]1O. The van der Waals surface area contributed by atoms with Gasteiger partial charge in [-0.25, -0.2) is 0 Å². The first-order valence-electron chi connectivity index (χ1n) is 5.85. The van der Waals surface area contributed by atoms with Crippen molar-refractivity contribution in [3.63, 3.8) is 0 Å². The van der Waals surface area contributed by atoms with E-state index in [0.717, 1.165) is 6.42 Å². The van der Waals surface area contributed by atoms with E-state index in [1.807, 2.05) is 0 Å². The van der Waals surface area contributed by atoms with Gasteiger partial charge in [-0.15, -0.1) is 0 Å². The molecule has 4 heteroatoms. The van der Waals surface area contributed by atoms with Crippen molar-refractivity contribution in [2.24, 2.45) is 0 Å². The largest absolute Gasteiger partial charge is 0.391 e. The summed E-state index contributed by atoms with van der Waals surface area (Å²) in [5, 5.41) is 9.82. The van der Waals surface area contributed by atoms with Gasteiger partial charge in [0.25, 0.3) is 11.8 Å². The molecule has 88 valence electrons. The number of hydrogen-bond acceptors (Lipinski definition) is 3. The van der Waals surface area contributed by atoms with Gasteiger partial charge in [0.15, 0.2) is 0 Å². The average Bonchev–Trinajstić information content (AvgIpc) is 2.84. The minimum Gasteiger partial charge on any atom is -0.391 e. The maximum absolute atomic E-state index is 12.1. The van der Waals surface area contributed by atoms with Crippen LogP contribution in [-0.4, -0.2) is 34.0 Å². The summed E-state index contributed by atoms with van der Waals surface area (Å²) in [6.45, 7) is 0. The Hall–Kier alpha value is -1.68. The fraction of sp³-hybridized carbons (Fsp3) is 0.385. The van der Waals surface area contributed by atoms with Gasteiger partial charge in [-0.1, -0.05) is 12.1 Å². The minimum atomic E-state index is -0.572. The van der Waals surface area contributed by atoms with Gasteiger partial charge >= 0.3 is 0 Å². The number of imide groups is 1. The van der Waals surface area contributed by atoms with Crippen LogP contribution in [0, 0.1) is 0 Å². The fourth-order valence-electron chi connectivity index (χ4n) is 2.73. The molecule has 0 bridgehead atoms. The zero-order valence-corrected chi connectivity index (χ0v) is 9.30. The fourth-order valence-corrected chi connectivity index (χ4v) is 2.73. The van der Waals surface area contributed by atoms with E-state index in [-0.39, 0.29) is 17.9 Å². The number of aliphatic hydroxyl groups is 1. The average molecular weight is 231 g/mol. The van der Waals surface area contributed by atoms with E-state index < -0.39 is 6.10 Å². The Balaban J connectivity index is 2.00. The van der Waals surface area contributed by atoms with Crippen LogP contribution in [0.5, 0.6) is 0 Å². The molecule has 1 heterocycles. The summed E-state index contributed by atoms with van der Waals surface area (Å²) in [5.74, 6) is -0.534. The first kappa shape index (κ1) is 10.5. The molecule has 1 aromatic rings.